The van der Waals surface area contributed by atoms with Gasteiger partial charge >= 0.3 is 0 Å². The predicted molar refractivity (Wildman–Crippen MR) is 46.9 cm³/mol. The van der Waals surface area contributed by atoms with Gasteiger partial charge in [-0.3, -0.25) is 0 Å². The first-order valence-corrected chi connectivity index (χ1v) is 3.93. The number of alkyl halides is 1. The van der Waals surface area contributed by atoms with Crippen molar-refractivity contribution in [2.75, 3.05) is 0 Å². The van der Waals surface area contributed by atoms with Gasteiger partial charge in [-0.05, 0) is 12.5 Å². The van der Waals surface area contributed by atoms with Gasteiger partial charge in [0.05, 0.1) is 4.45 Å². The smallest absolute Gasteiger partial charge is 0.0943 e. The topological polar surface area (TPSA) is 26.0 Å². The Morgan fingerprint density at radius 1 is 1.30 bits per heavy atom. The van der Waals surface area contributed by atoms with Gasteiger partial charge in [0.1, 0.15) is 0 Å². The van der Waals surface area contributed by atoms with E-state index < -0.39 is 4.45 Å². The van der Waals surface area contributed by atoms with Gasteiger partial charge < -0.3 is 5.73 Å². The van der Waals surface area contributed by atoms with Crippen LogP contribution in [-0.2, 0) is 4.45 Å². The lowest BCUT2D eigenvalue weighted by molar-refractivity contribution is 0.757. The second kappa shape index (κ2) is 2.72. The first kappa shape index (κ1) is 7.76. The molecule has 1 aromatic carbocycles. The summed E-state index contributed by atoms with van der Waals surface area (Å²) < 4.78 is -0.395. The minimum atomic E-state index is -0.395. The standard InChI is InChI=1S/C8H10BrN/c1-8(9,10)7-5-3-2-4-6-7/h2-6H,10H2,1H3. The van der Waals surface area contributed by atoms with Gasteiger partial charge in [0, 0.05) is 0 Å². The Morgan fingerprint density at radius 3 is 2.10 bits per heavy atom. The molecule has 0 aliphatic heterocycles. The molecule has 1 rings (SSSR count). The van der Waals surface area contributed by atoms with Gasteiger partial charge in [-0.15, -0.1) is 0 Å². The van der Waals surface area contributed by atoms with Crippen molar-refractivity contribution in [1.82, 2.24) is 0 Å². The quantitative estimate of drug-likeness (QED) is 0.545. The zero-order valence-corrected chi connectivity index (χ0v) is 7.43. The van der Waals surface area contributed by atoms with Crippen LogP contribution in [0.2, 0.25) is 0 Å². The molecule has 0 heterocycles. The molecule has 1 aromatic rings. The van der Waals surface area contributed by atoms with Crippen molar-refractivity contribution >= 4 is 15.9 Å². The molecule has 0 aliphatic rings. The summed E-state index contributed by atoms with van der Waals surface area (Å²) in [6, 6.07) is 9.91. The van der Waals surface area contributed by atoms with Crippen molar-refractivity contribution in [2.45, 2.75) is 11.4 Å². The summed E-state index contributed by atoms with van der Waals surface area (Å²) in [6.45, 7) is 1.92. The average molecular weight is 200 g/mol. The second-order valence-corrected chi connectivity index (χ2v) is 4.09. The first-order chi connectivity index (χ1) is 4.61. The fourth-order valence-corrected chi connectivity index (χ4v) is 1.03. The van der Waals surface area contributed by atoms with E-state index in [2.05, 4.69) is 15.9 Å². The van der Waals surface area contributed by atoms with Crippen LogP contribution in [0, 0.1) is 0 Å². The third-order valence-corrected chi connectivity index (χ3v) is 1.80. The van der Waals surface area contributed by atoms with Crippen LogP contribution in [-0.4, -0.2) is 0 Å². The Labute approximate surface area is 69.4 Å². The molecule has 0 aliphatic carbocycles. The number of rotatable bonds is 1. The first-order valence-electron chi connectivity index (χ1n) is 3.14. The second-order valence-electron chi connectivity index (χ2n) is 2.44. The summed E-state index contributed by atoms with van der Waals surface area (Å²) in [5, 5.41) is 0. The molecule has 0 aromatic heterocycles. The third-order valence-electron chi connectivity index (χ3n) is 1.34. The van der Waals surface area contributed by atoms with Crippen LogP contribution in [0.1, 0.15) is 12.5 Å². The molecule has 1 nitrogen and oxygen atoms in total. The summed E-state index contributed by atoms with van der Waals surface area (Å²) in [5.41, 5.74) is 6.87. The Hall–Kier alpha value is -0.340. The average Bonchev–Trinajstić information content (AvgIpc) is 1.88. The van der Waals surface area contributed by atoms with Crippen LogP contribution >= 0.6 is 15.9 Å². The Balaban J connectivity index is 2.97. The number of hydrogen-bond acceptors (Lipinski definition) is 1. The van der Waals surface area contributed by atoms with Gasteiger partial charge in [0.2, 0.25) is 0 Å². The van der Waals surface area contributed by atoms with E-state index in [0.29, 0.717) is 0 Å². The van der Waals surface area contributed by atoms with Gasteiger partial charge in [-0.2, -0.15) is 0 Å². The van der Waals surface area contributed by atoms with Gasteiger partial charge in [-0.1, -0.05) is 46.3 Å². The van der Waals surface area contributed by atoms with Gasteiger partial charge in [0.15, 0.2) is 0 Å². The van der Waals surface area contributed by atoms with Gasteiger partial charge in [-0.25, -0.2) is 0 Å². The minimum Gasteiger partial charge on any atom is -0.313 e. The molecule has 1 unspecified atom stereocenters. The summed E-state index contributed by atoms with van der Waals surface area (Å²) >= 11 is 3.36. The fraction of sp³-hybridized carbons (Fsp3) is 0.250. The molecule has 0 radical (unpaired) electrons. The summed E-state index contributed by atoms with van der Waals surface area (Å²) in [6.07, 6.45) is 0. The highest BCUT2D eigenvalue weighted by Gasteiger charge is 2.14. The van der Waals surface area contributed by atoms with Crippen LogP contribution in [0.4, 0.5) is 0 Å². The minimum absolute atomic E-state index is 0.395. The van der Waals surface area contributed by atoms with Crippen molar-refractivity contribution in [1.29, 1.82) is 0 Å². The maximum absolute atomic E-state index is 5.77. The van der Waals surface area contributed by atoms with E-state index in [1.807, 2.05) is 37.3 Å². The molecule has 0 bridgehead atoms. The lowest BCUT2D eigenvalue weighted by Gasteiger charge is -2.15. The third kappa shape index (κ3) is 1.82. The van der Waals surface area contributed by atoms with Crippen molar-refractivity contribution in [3.8, 4) is 0 Å². The predicted octanol–water partition coefficient (Wildman–Crippen LogP) is 2.21. The SMILES string of the molecule is CC(N)(Br)c1ccccc1. The van der Waals surface area contributed by atoms with Crippen molar-refractivity contribution in [3.05, 3.63) is 35.9 Å². The molecule has 2 heteroatoms. The van der Waals surface area contributed by atoms with Crippen LogP contribution in [0.5, 0.6) is 0 Å². The molecule has 0 saturated carbocycles. The van der Waals surface area contributed by atoms with E-state index in [1.54, 1.807) is 0 Å². The molecule has 2 N–H and O–H groups in total. The highest BCUT2D eigenvalue weighted by molar-refractivity contribution is 9.09. The van der Waals surface area contributed by atoms with E-state index in [1.165, 1.54) is 0 Å². The highest BCUT2D eigenvalue weighted by Crippen LogP contribution is 2.23. The molecule has 0 fully saturated rings. The molecule has 10 heavy (non-hydrogen) atoms. The van der Waals surface area contributed by atoms with E-state index in [-0.39, 0.29) is 0 Å². The number of hydrogen-bond donors (Lipinski definition) is 1. The van der Waals surface area contributed by atoms with E-state index in [9.17, 15) is 0 Å². The largest absolute Gasteiger partial charge is 0.313 e. The van der Waals surface area contributed by atoms with Crippen LogP contribution in [0.15, 0.2) is 30.3 Å². The van der Waals surface area contributed by atoms with E-state index in [0.717, 1.165) is 5.56 Å². The number of nitrogens with two attached hydrogens (primary N) is 1. The van der Waals surface area contributed by atoms with Crippen LogP contribution in [0.25, 0.3) is 0 Å². The highest BCUT2D eigenvalue weighted by atomic mass is 79.9. The molecule has 0 spiro atoms. The lowest BCUT2D eigenvalue weighted by atomic mass is 10.1. The molecular formula is C8H10BrN. The molecule has 0 saturated heterocycles. The van der Waals surface area contributed by atoms with Crippen molar-refractivity contribution < 1.29 is 0 Å². The zero-order valence-electron chi connectivity index (χ0n) is 5.84. The Kier molecular flexibility index (Phi) is 2.11. The van der Waals surface area contributed by atoms with Crippen LogP contribution < -0.4 is 5.73 Å². The molecule has 1 atom stereocenters. The molecular weight excluding hydrogens is 190 g/mol. The van der Waals surface area contributed by atoms with Crippen LogP contribution in [0.3, 0.4) is 0 Å². The summed E-state index contributed by atoms with van der Waals surface area (Å²) in [5.74, 6) is 0. The monoisotopic (exact) mass is 199 g/mol. The Bertz CT molecular complexity index is 200. The van der Waals surface area contributed by atoms with Crippen molar-refractivity contribution in [2.24, 2.45) is 5.73 Å². The molecule has 54 valence electrons. The molecule has 0 amide bonds. The number of benzene rings is 1. The van der Waals surface area contributed by atoms with E-state index >= 15 is 0 Å². The van der Waals surface area contributed by atoms with Crippen molar-refractivity contribution in [3.63, 3.8) is 0 Å². The summed E-state index contributed by atoms with van der Waals surface area (Å²) in [7, 11) is 0. The number of halogens is 1. The zero-order chi connectivity index (χ0) is 7.61. The maximum atomic E-state index is 5.77. The Morgan fingerprint density at radius 2 is 1.80 bits per heavy atom. The van der Waals surface area contributed by atoms with E-state index in [4.69, 9.17) is 5.73 Å². The normalized spacial score (nSPS) is 16.3. The fourth-order valence-electron chi connectivity index (χ4n) is 0.764. The summed E-state index contributed by atoms with van der Waals surface area (Å²) in [4.78, 5) is 0. The van der Waals surface area contributed by atoms with Gasteiger partial charge in [0.25, 0.3) is 0 Å². The maximum Gasteiger partial charge on any atom is 0.0943 e. The lowest BCUT2D eigenvalue weighted by Crippen LogP contribution is -2.24.